The molecule has 184 valence electrons. The van der Waals surface area contributed by atoms with Gasteiger partial charge in [-0.25, -0.2) is 4.79 Å². The van der Waals surface area contributed by atoms with Crippen molar-refractivity contribution in [3.05, 3.63) is 52.5 Å². The second-order valence-electron chi connectivity index (χ2n) is 9.23. The fourth-order valence-corrected chi connectivity index (χ4v) is 5.76. The number of hydrogen-bond acceptors (Lipinski definition) is 4. The number of piperazine rings is 1. The van der Waals surface area contributed by atoms with Gasteiger partial charge in [-0.3, -0.25) is 4.90 Å². The van der Waals surface area contributed by atoms with E-state index < -0.39 is 0 Å². The largest absolute Gasteiger partial charge is 0.368 e. The molecule has 1 heterocycles. The minimum Gasteiger partial charge on any atom is -0.368 e. The number of carbonyl (C=O) groups excluding carboxylic acids is 1. The third kappa shape index (κ3) is 6.97. The molecular weight excluding hydrogens is 487 g/mol. The van der Waals surface area contributed by atoms with Crippen molar-refractivity contribution in [2.75, 3.05) is 49.2 Å². The van der Waals surface area contributed by atoms with Crippen molar-refractivity contribution in [3.8, 4) is 0 Å². The highest BCUT2D eigenvalue weighted by Crippen LogP contribution is 2.33. The molecule has 2 aromatic carbocycles. The van der Waals surface area contributed by atoms with Crippen LogP contribution in [-0.4, -0.2) is 56.0 Å². The lowest BCUT2D eigenvalue weighted by molar-refractivity contribution is 0.208. The fraction of sp³-hybridized carbons (Fsp3) is 0.500. The number of anilines is 2. The average molecular weight is 522 g/mol. The molecule has 0 unspecified atom stereocenters. The van der Waals surface area contributed by atoms with Crippen molar-refractivity contribution in [1.82, 2.24) is 10.2 Å². The molecule has 1 aliphatic carbocycles. The van der Waals surface area contributed by atoms with Gasteiger partial charge >= 0.3 is 6.03 Å². The summed E-state index contributed by atoms with van der Waals surface area (Å²) in [5.74, 6) is 0.751. The Morgan fingerprint density at radius 3 is 2.38 bits per heavy atom. The van der Waals surface area contributed by atoms with Crippen molar-refractivity contribution in [2.45, 2.75) is 43.0 Å². The Balaban J connectivity index is 1.12. The van der Waals surface area contributed by atoms with Crippen LogP contribution in [0.3, 0.4) is 0 Å². The number of amides is 2. The zero-order chi connectivity index (χ0) is 23.9. The Morgan fingerprint density at radius 1 is 1.00 bits per heavy atom. The minimum absolute atomic E-state index is 0.0990. The van der Waals surface area contributed by atoms with E-state index >= 15 is 0 Å². The first-order valence-corrected chi connectivity index (χ1v) is 14.1. The molecule has 2 aliphatic rings. The zero-order valence-electron chi connectivity index (χ0n) is 19.7. The molecule has 8 heteroatoms. The number of nitrogens with zero attached hydrogens (tertiary/aromatic N) is 2. The first-order valence-electron chi connectivity index (χ1n) is 12.1. The van der Waals surface area contributed by atoms with E-state index in [1.165, 1.54) is 24.2 Å². The number of halogens is 2. The molecule has 34 heavy (non-hydrogen) atoms. The lowest BCUT2D eigenvalue weighted by Gasteiger charge is -2.37. The van der Waals surface area contributed by atoms with Gasteiger partial charge in [0.05, 0.1) is 15.7 Å². The quantitative estimate of drug-likeness (QED) is 0.403. The van der Waals surface area contributed by atoms with E-state index in [1.54, 1.807) is 11.8 Å². The normalized spacial score (nSPS) is 21.3. The molecule has 1 saturated heterocycles. The summed E-state index contributed by atoms with van der Waals surface area (Å²) in [4.78, 5) is 18.5. The molecule has 4 rings (SSSR count). The Hall–Kier alpha value is -1.60. The Bertz CT molecular complexity index is 942. The maximum absolute atomic E-state index is 12.4. The van der Waals surface area contributed by atoms with Gasteiger partial charge in [-0.2, -0.15) is 0 Å². The van der Waals surface area contributed by atoms with Gasteiger partial charge < -0.3 is 15.5 Å². The Labute approximate surface area is 217 Å². The number of benzene rings is 2. The number of hydrogen-bond donors (Lipinski definition) is 2. The van der Waals surface area contributed by atoms with Crippen molar-refractivity contribution in [3.63, 3.8) is 0 Å². The number of rotatable bonds is 7. The van der Waals surface area contributed by atoms with E-state index in [0.717, 1.165) is 62.9 Å². The van der Waals surface area contributed by atoms with Crippen LogP contribution in [0.15, 0.2) is 47.4 Å². The number of urea groups is 1. The highest BCUT2D eigenvalue weighted by atomic mass is 35.5. The maximum atomic E-state index is 12.4. The monoisotopic (exact) mass is 520 g/mol. The molecule has 2 aromatic rings. The predicted molar refractivity (Wildman–Crippen MR) is 146 cm³/mol. The summed E-state index contributed by atoms with van der Waals surface area (Å²) in [5.41, 5.74) is 1.88. The zero-order valence-corrected chi connectivity index (χ0v) is 22.1. The molecule has 2 fully saturated rings. The van der Waals surface area contributed by atoms with Crippen LogP contribution in [0.5, 0.6) is 0 Å². The maximum Gasteiger partial charge on any atom is 0.319 e. The fourth-order valence-electron chi connectivity index (χ4n) is 4.94. The van der Waals surface area contributed by atoms with Crippen LogP contribution >= 0.6 is 35.0 Å². The van der Waals surface area contributed by atoms with E-state index in [4.69, 9.17) is 23.2 Å². The highest BCUT2D eigenvalue weighted by Gasteiger charge is 2.24. The SMILES string of the molecule is CSc1ccc(NC(=O)N[C@H]2CC[C@H](CCN3CCN(c4cccc(Cl)c4Cl)CC3)CC2)cc1. The van der Waals surface area contributed by atoms with Crippen molar-refractivity contribution in [2.24, 2.45) is 5.92 Å². The van der Waals surface area contributed by atoms with Crippen molar-refractivity contribution >= 4 is 52.4 Å². The molecule has 0 radical (unpaired) electrons. The van der Waals surface area contributed by atoms with Gasteiger partial charge in [0.1, 0.15) is 0 Å². The third-order valence-electron chi connectivity index (χ3n) is 7.03. The van der Waals surface area contributed by atoms with Gasteiger partial charge in [-0.15, -0.1) is 11.8 Å². The molecular formula is C26H34Cl2N4OS. The van der Waals surface area contributed by atoms with Crippen LogP contribution in [-0.2, 0) is 0 Å². The Kier molecular flexibility index (Phi) is 9.29. The Morgan fingerprint density at radius 2 is 1.71 bits per heavy atom. The van der Waals surface area contributed by atoms with E-state index in [9.17, 15) is 4.79 Å². The summed E-state index contributed by atoms with van der Waals surface area (Å²) in [6.45, 7) is 5.21. The summed E-state index contributed by atoms with van der Waals surface area (Å²) in [5, 5.41) is 7.39. The molecule has 1 saturated carbocycles. The second-order valence-corrected chi connectivity index (χ2v) is 10.9. The van der Waals surface area contributed by atoms with E-state index in [1.807, 2.05) is 42.7 Å². The molecule has 5 nitrogen and oxygen atoms in total. The van der Waals surface area contributed by atoms with Crippen LogP contribution in [0.4, 0.5) is 16.2 Å². The standard InChI is InChI=1S/C26H34Cl2N4OS/c1-34-22-11-9-21(10-12-22)30-26(33)29-20-7-5-19(6-8-20)13-14-31-15-17-32(18-16-31)24-4-2-3-23(27)25(24)28/h2-4,9-12,19-20H,5-8,13-18H2,1H3,(H2,29,30,33)/t19-,20-. The summed E-state index contributed by atoms with van der Waals surface area (Å²) >= 11 is 14.3. The second kappa shape index (κ2) is 12.4. The van der Waals surface area contributed by atoms with Gasteiger partial charge in [0.25, 0.3) is 0 Å². The van der Waals surface area contributed by atoms with Gasteiger partial charge in [-0.05, 0) is 87.2 Å². The summed E-state index contributed by atoms with van der Waals surface area (Å²) in [7, 11) is 0. The van der Waals surface area contributed by atoms with Gasteiger partial charge in [0.2, 0.25) is 0 Å². The first kappa shape index (κ1) is 25.5. The topological polar surface area (TPSA) is 47.6 Å². The molecule has 0 bridgehead atoms. The van der Waals surface area contributed by atoms with Crippen molar-refractivity contribution in [1.29, 1.82) is 0 Å². The average Bonchev–Trinajstić information content (AvgIpc) is 2.86. The van der Waals surface area contributed by atoms with E-state index in [2.05, 4.69) is 26.5 Å². The number of carbonyl (C=O) groups is 1. The molecule has 1 aliphatic heterocycles. The van der Waals surface area contributed by atoms with Gasteiger partial charge in [0, 0.05) is 42.8 Å². The number of nitrogens with one attached hydrogen (secondary N) is 2. The van der Waals surface area contributed by atoms with E-state index in [-0.39, 0.29) is 12.1 Å². The number of thioether (sulfide) groups is 1. The predicted octanol–water partition coefficient (Wildman–Crippen LogP) is 6.61. The highest BCUT2D eigenvalue weighted by molar-refractivity contribution is 7.98. The van der Waals surface area contributed by atoms with Gasteiger partial charge in [0.15, 0.2) is 0 Å². The summed E-state index contributed by atoms with van der Waals surface area (Å²) < 4.78 is 0. The molecule has 0 atom stereocenters. The van der Waals surface area contributed by atoms with Crippen LogP contribution in [0.25, 0.3) is 0 Å². The van der Waals surface area contributed by atoms with Crippen LogP contribution in [0.1, 0.15) is 32.1 Å². The van der Waals surface area contributed by atoms with Gasteiger partial charge in [-0.1, -0.05) is 29.3 Å². The lowest BCUT2D eigenvalue weighted by atomic mass is 9.84. The molecule has 0 aromatic heterocycles. The lowest BCUT2D eigenvalue weighted by Crippen LogP contribution is -2.47. The van der Waals surface area contributed by atoms with Crippen molar-refractivity contribution < 1.29 is 4.79 Å². The summed E-state index contributed by atoms with van der Waals surface area (Å²) in [6.07, 6.45) is 7.77. The molecule has 2 amide bonds. The molecule has 2 N–H and O–H groups in total. The van der Waals surface area contributed by atoms with Crippen LogP contribution in [0.2, 0.25) is 10.0 Å². The third-order valence-corrected chi connectivity index (χ3v) is 8.58. The summed E-state index contributed by atoms with van der Waals surface area (Å²) in [6, 6.07) is 14.0. The minimum atomic E-state index is -0.0990. The smallest absolute Gasteiger partial charge is 0.319 e. The van der Waals surface area contributed by atoms with Crippen LogP contribution < -0.4 is 15.5 Å². The van der Waals surface area contributed by atoms with E-state index in [0.29, 0.717) is 10.0 Å². The molecule has 0 spiro atoms. The first-order chi connectivity index (χ1) is 16.5. The van der Waals surface area contributed by atoms with Crippen LogP contribution in [0, 0.1) is 5.92 Å².